The van der Waals surface area contributed by atoms with E-state index >= 15 is 0 Å². The predicted octanol–water partition coefficient (Wildman–Crippen LogP) is 0.529. The van der Waals surface area contributed by atoms with Gasteiger partial charge in [-0.1, -0.05) is 13.8 Å². The summed E-state index contributed by atoms with van der Waals surface area (Å²) in [6, 6.07) is 0.243. The lowest BCUT2D eigenvalue weighted by atomic mass is 9.59. The van der Waals surface area contributed by atoms with Crippen molar-refractivity contribution in [3.8, 4) is 0 Å². The van der Waals surface area contributed by atoms with Crippen LogP contribution in [0.15, 0.2) is 0 Å². The molecule has 3 heteroatoms. The van der Waals surface area contributed by atoms with Gasteiger partial charge in [-0.05, 0) is 17.8 Å². The number of amides is 1. The van der Waals surface area contributed by atoms with E-state index in [9.17, 15) is 4.79 Å². The number of rotatable bonds is 2. The summed E-state index contributed by atoms with van der Waals surface area (Å²) in [5, 5.41) is 11.8. The van der Waals surface area contributed by atoms with Crippen LogP contribution in [0.1, 0.15) is 27.2 Å². The molecular weight excluding hydrogens is 154 g/mol. The Bertz CT molecular complexity index is 189. The van der Waals surface area contributed by atoms with Crippen LogP contribution in [0.4, 0.5) is 0 Å². The molecule has 0 aromatic heterocycles. The monoisotopic (exact) mass is 171 g/mol. The van der Waals surface area contributed by atoms with Crippen LogP contribution in [0.2, 0.25) is 0 Å². The largest absolute Gasteiger partial charge is 0.396 e. The summed E-state index contributed by atoms with van der Waals surface area (Å²) < 4.78 is 0. The van der Waals surface area contributed by atoms with Crippen molar-refractivity contribution in [3.05, 3.63) is 0 Å². The topological polar surface area (TPSA) is 49.3 Å². The van der Waals surface area contributed by atoms with Gasteiger partial charge in [0.05, 0.1) is 0 Å². The number of carbonyl (C=O) groups is 1. The van der Waals surface area contributed by atoms with Gasteiger partial charge in [-0.15, -0.1) is 0 Å². The molecule has 12 heavy (non-hydrogen) atoms. The Kier molecular flexibility index (Phi) is 2.42. The van der Waals surface area contributed by atoms with Crippen molar-refractivity contribution in [2.24, 2.45) is 11.3 Å². The Balaban J connectivity index is 2.47. The van der Waals surface area contributed by atoms with Crippen LogP contribution in [-0.4, -0.2) is 23.7 Å². The fourth-order valence-electron chi connectivity index (χ4n) is 1.82. The summed E-state index contributed by atoms with van der Waals surface area (Å²) in [6.45, 7) is 5.92. The van der Waals surface area contributed by atoms with Crippen LogP contribution in [-0.2, 0) is 4.79 Å². The molecule has 1 aliphatic carbocycles. The summed E-state index contributed by atoms with van der Waals surface area (Å²) >= 11 is 0. The van der Waals surface area contributed by atoms with E-state index in [-0.39, 0.29) is 24.0 Å². The fourth-order valence-corrected chi connectivity index (χ4v) is 1.82. The first-order chi connectivity index (χ1) is 5.48. The van der Waals surface area contributed by atoms with E-state index in [2.05, 4.69) is 19.2 Å². The highest BCUT2D eigenvalue weighted by Gasteiger charge is 2.47. The van der Waals surface area contributed by atoms with Gasteiger partial charge in [0.1, 0.15) is 0 Å². The highest BCUT2D eigenvalue weighted by molar-refractivity contribution is 5.73. The summed E-state index contributed by atoms with van der Waals surface area (Å²) in [4.78, 5) is 10.8. The van der Waals surface area contributed by atoms with Crippen LogP contribution < -0.4 is 5.32 Å². The highest BCUT2D eigenvalue weighted by Crippen LogP contribution is 2.45. The molecule has 0 heterocycles. The minimum Gasteiger partial charge on any atom is -0.396 e. The lowest BCUT2D eigenvalue weighted by molar-refractivity contribution is -0.124. The zero-order valence-electron chi connectivity index (χ0n) is 7.92. The third-order valence-corrected chi connectivity index (χ3v) is 3.07. The molecule has 0 aromatic carbocycles. The second kappa shape index (κ2) is 3.05. The third kappa shape index (κ3) is 1.46. The minimum atomic E-state index is 0.0180. The average molecular weight is 171 g/mol. The minimum absolute atomic E-state index is 0.0180. The van der Waals surface area contributed by atoms with Gasteiger partial charge in [0.15, 0.2) is 0 Å². The zero-order valence-corrected chi connectivity index (χ0v) is 7.92. The molecule has 1 aliphatic rings. The van der Waals surface area contributed by atoms with Crippen molar-refractivity contribution in [1.82, 2.24) is 5.32 Å². The number of hydrogen-bond acceptors (Lipinski definition) is 2. The van der Waals surface area contributed by atoms with Gasteiger partial charge < -0.3 is 10.4 Å². The molecule has 1 rings (SSSR count). The second-order valence-electron chi connectivity index (χ2n) is 4.19. The molecule has 1 amide bonds. The SMILES string of the molecule is CC(=O)N[C@H]1C[C@@H](CO)C1(C)C. The van der Waals surface area contributed by atoms with E-state index in [0.29, 0.717) is 5.92 Å². The molecule has 70 valence electrons. The van der Waals surface area contributed by atoms with Crippen molar-refractivity contribution < 1.29 is 9.90 Å². The Morgan fingerprint density at radius 3 is 2.58 bits per heavy atom. The Labute approximate surface area is 73.2 Å². The van der Waals surface area contributed by atoms with Crippen molar-refractivity contribution >= 4 is 5.91 Å². The number of aliphatic hydroxyl groups excluding tert-OH is 1. The van der Waals surface area contributed by atoms with Gasteiger partial charge in [-0.25, -0.2) is 0 Å². The molecule has 1 saturated carbocycles. The molecule has 0 aromatic rings. The quantitative estimate of drug-likeness (QED) is 0.636. The molecule has 3 nitrogen and oxygen atoms in total. The van der Waals surface area contributed by atoms with Crippen molar-refractivity contribution in [2.75, 3.05) is 6.61 Å². The maximum Gasteiger partial charge on any atom is 0.217 e. The zero-order chi connectivity index (χ0) is 9.35. The van der Waals surface area contributed by atoms with Gasteiger partial charge >= 0.3 is 0 Å². The first-order valence-electron chi connectivity index (χ1n) is 4.36. The lowest BCUT2D eigenvalue weighted by Gasteiger charge is -2.51. The number of carbonyl (C=O) groups excluding carboxylic acids is 1. The second-order valence-corrected chi connectivity index (χ2v) is 4.19. The summed E-state index contributed by atoms with van der Waals surface area (Å²) in [6.07, 6.45) is 0.906. The first-order valence-corrected chi connectivity index (χ1v) is 4.36. The molecule has 0 unspecified atom stereocenters. The van der Waals surface area contributed by atoms with Gasteiger partial charge in [-0.2, -0.15) is 0 Å². The van der Waals surface area contributed by atoms with Crippen LogP contribution in [0.3, 0.4) is 0 Å². The van der Waals surface area contributed by atoms with Crippen LogP contribution in [0.5, 0.6) is 0 Å². The molecule has 1 fully saturated rings. The molecule has 0 bridgehead atoms. The van der Waals surface area contributed by atoms with E-state index < -0.39 is 0 Å². The van der Waals surface area contributed by atoms with Gasteiger partial charge in [0.25, 0.3) is 0 Å². The smallest absolute Gasteiger partial charge is 0.217 e. The molecule has 0 spiro atoms. The average Bonchev–Trinajstić information content (AvgIpc) is 1.96. The highest BCUT2D eigenvalue weighted by atomic mass is 16.3. The number of nitrogens with one attached hydrogen (secondary N) is 1. The van der Waals surface area contributed by atoms with Gasteiger partial charge in [-0.3, -0.25) is 4.79 Å². The Morgan fingerprint density at radius 2 is 2.25 bits per heavy atom. The Hall–Kier alpha value is -0.570. The van der Waals surface area contributed by atoms with Crippen molar-refractivity contribution in [3.63, 3.8) is 0 Å². The number of aliphatic hydroxyl groups is 1. The fraction of sp³-hybridized carbons (Fsp3) is 0.889. The van der Waals surface area contributed by atoms with E-state index in [4.69, 9.17) is 5.11 Å². The molecule has 0 aliphatic heterocycles. The third-order valence-electron chi connectivity index (χ3n) is 3.07. The maximum atomic E-state index is 10.8. The van der Waals surface area contributed by atoms with Crippen LogP contribution >= 0.6 is 0 Å². The van der Waals surface area contributed by atoms with E-state index in [0.717, 1.165) is 6.42 Å². The van der Waals surface area contributed by atoms with Crippen LogP contribution in [0.25, 0.3) is 0 Å². The van der Waals surface area contributed by atoms with E-state index in [1.807, 2.05) is 0 Å². The first kappa shape index (κ1) is 9.52. The Morgan fingerprint density at radius 1 is 1.67 bits per heavy atom. The van der Waals surface area contributed by atoms with E-state index in [1.165, 1.54) is 6.92 Å². The molecular formula is C9H17NO2. The summed E-state index contributed by atoms with van der Waals surface area (Å²) in [7, 11) is 0. The summed E-state index contributed by atoms with van der Waals surface area (Å²) in [5.41, 5.74) is 0.0560. The number of hydrogen-bond donors (Lipinski definition) is 2. The molecule has 2 atom stereocenters. The molecule has 0 saturated heterocycles. The lowest BCUT2D eigenvalue weighted by Crippen LogP contribution is -2.58. The van der Waals surface area contributed by atoms with Crippen molar-refractivity contribution in [1.29, 1.82) is 0 Å². The van der Waals surface area contributed by atoms with Gasteiger partial charge in [0, 0.05) is 19.6 Å². The standard InChI is InChI=1S/C9H17NO2/c1-6(12)10-8-4-7(5-11)9(8,2)3/h7-8,11H,4-5H2,1-3H3,(H,10,12)/t7-,8-/m0/s1. The molecule has 0 radical (unpaired) electrons. The van der Waals surface area contributed by atoms with Gasteiger partial charge in [0.2, 0.25) is 5.91 Å². The van der Waals surface area contributed by atoms with Crippen molar-refractivity contribution in [2.45, 2.75) is 33.2 Å². The maximum absolute atomic E-state index is 10.8. The van der Waals surface area contributed by atoms with E-state index in [1.54, 1.807) is 0 Å². The molecule has 2 N–H and O–H groups in total. The normalized spacial score (nSPS) is 32.3. The van der Waals surface area contributed by atoms with Crippen LogP contribution in [0, 0.1) is 11.3 Å². The summed E-state index contributed by atoms with van der Waals surface area (Å²) in [5.74, 6) is 0.360. The predicted molar refractivity (Wildman–Crippen MR) is 46.6 cm³/mol.